The Morgan fingerprint density at radius 3 is 2.33 bits per heavy atom. The zero-order valence-corrected chi connectivity index (χ0v) is 13.5. The number of nitrogens with one attached hydrogen (secondary N) is 2. The van der Waals surface area contributed by atoms with Gasteiger partial charge in [-0.3, -0.25) is 10.3 Å². The summed E-state index contributed by atoms with van der Waals surface area (Å²) in [4.78, 5) is 14.1. The standard InChI is InChI=1S/C15H29N3O3/c1-15(2,3)21-14(19)17-16-12-4-6-13(7-5-12)18-8-10-20-11-9-18/h12-13,16H,4-11H2,1-3H3,(H,17,19). The van der Waals surface area contributed by atoms with Gasteiger partial charge in [0.2, 0.25) is 0 Å². The van der Waals surface area contributed by atoms with Crippen LogP contribution in [0.15, 0.2) is 0 Å². The van der Waals surface area contributed by atoms with Crippen LogP contribution in [0.4, 0.5) is 4.79 Å². The number of carbonyl (C=O) groups excluding carboxylic acids is 1. The van der Waals surface area contributed by atoms with Gasteiger partial charge in [-0.05, 0) is 46.5 Å². The second kappa shape index (κ2) is 7.42. The van der Waals surface area contributed by atoms with Gasteiger partial charge in [0.05, 0.1) is 13.2 Å². The van der Waals surface area contributed by atoms with Crippen molar-refractivity contribution in [3.63, 3.8) is 0 Å². The molecule has 1 aliphatic heterocycles. The number of nitrogens with zero attached hydrogens (tertiary/aromatic N) is 1. The number of morpholine rings is 1. The highest BCUT2D eigenvalue weighted by Gasteiger charge is 2.27. The summed E-state index contributed by atoms with van der Waals surface area (Å²) >= 11 is 0. The zero-order chi connectivity index (χ0) is 15.3. The molecule has 122 valence electrons. The first kappa shape index (κ1) is 16.5. The lowest BCUT2D eigenvalue weighted by Crippen LogP contribution is -2.51. The topological polar surface area (TPSA) is 62.8 Å². The molecule has 1 amide bonds. The summed E-state index contributed by atoms with van der Waals surface area (Å²) in [7, 11) is 0. The minimum Gasteiger partial charge on any atom is -0.443 e. The van der Waals surface area contributed by atoms with Gasteiger partial charge in [0.1, 0.15) is 5.60 Å². The third kappa shape index (κ3) is 5.80. The quantitative estimate of drug-likeness (QED) is 0.776. The number of rotatable bonds is 3. The van der Waals surface area contributed by atoms with E-state index >= 15 is 0 Å². The van der Waals surface area contributed by atoms with Gasteiger partial charge >= 0.3 is 6.09 Å². The number of hydrazine groups is 1. The van der Waals surface area contributed by atoms with Crippen LogP contribution in [0.1, 0.15) is 46.5 Å². The second-order valence-electron chi connectivity index (χ2n) is 6.93. The summed E-state index contributed by atoms with van der Waals surface area (Å²) in [5.41, 5.74) is 5.30. The van der Waals surface area contributed by atoms with Gasteiger partial charge in [-0.1, -0.05) is 0 Å². The van der Waals surface area contributed by atoms with Gasteiger partial charge in [-0.2, -0.15) is 0 Å². The van der Waals surface area contributed by atoms with Gasteiger partial charge in [-0.25, -0.2) is 10.2 Å². The Morgan fingerprint density at radius 2 is 1.76 bits per heavy atom. The molecule has 6 nitrogen and oxygen atoms in total. The van der Waals surface area contributed by atoms with E-state index in [2.05, 4.69) is 15.8 Å². The minimum atomic E-state index is -0.459. The molecule has 0 bridgehead atoms. The average Bonchev–Trinajstić information content (AvgIpc) is 2.45. The Bertz CT molecular complexity index is 330. The van der Waals surface area contributed by atoms with E-state index in [0.717, 1.165) is 39.1 Å². The van der Waals surface area contributed by atoms with Crippen molar-refractivity contribution in [1.29, 1.82) is 0 Å². The highest BCUT2D eigenvalue weighted by molar-refractivity contribution is 5.67. The molecule has 0 atom stereocenters. The maximum atomic E-state index is 11.6. The van der Waals surface area contributed by atoms with E-state index < -0.39 is 11.7 Å². The largest absolute Gasteiger partial charge is 0.443 e. The summed E-state index contributed by atoms with van der Waals surface area (Å²) in [5.74, 6) is 0. The van der Waals surface area contributed by atoms with Crippen molar-refractivity contribution >= 4 is 6.09 Å². The van der Waals surface area contributed by atoms with Crippen molar-refractivity contribution in [2.45, 2.75) is 64.1 Å². The smallest absolute Gasteiger partial charge is 0.422 e. The van der Waals surface area contributed by atoms with E-state index in [4.69, 9.17) is 9.47 Å². The normalized spacial score (nSPS) is 28.1. The molecule has 0 aromatic heterocycles. The first-order valence-corrected chi connectivity index (χ1v) is 8.00. The number of ether oxygens (including phenoxy) is 2. The van der Waals surface area contributed by atoms with Crippen LogP contribution in [0.2, 0.25) is 0 Å². The Labute approximate surface area is 127 Å². The van der Waals surface area contributed by atoms with Crippen LogP contribution in [-0.2, 0) is 9.47 Å². The van der Waals surface area contributed by atoms with Crippen LogP contribution in [0.3, 0.4) is 0 Å². The molecule has 0 unspecified atom stereocenters. The van der Waals surface area contributed by atoms with E-state index in [9.17, 15) is 4.79 Å². The van der Waals surface area contributed by atoms with Crippen molar-refractivity contribution in [3.05, 3.63) is 0 Å². The van der Waals surface area contributed by atoms with Crippen LogP contribution in [0, 0.1) is 0 Å². The highest BCUT2D eigenvalue weighted by Crippen LogP contribution is 2.23. The molecule has 0 spiro atoms. The highest BCUT2D eigenvalue weighted by atomic mass is 16.6. The molecule has 21 heavy (non-hydrogen) atoms. The number of hydrogen-bond donors (Lipinski definition) is 2. The van der Waals surface area contributed by atoms with Crippen molar-refractivity contribution in [2.75, 3.05) is 26.3 Å². The summed E-state index contributed by atoms with van der Waals surface area (Å²) < 4.78 is 10.6. The Balaban J connectivity index is 1.63. The van der Waals surface area contributed by atoms with E-state index in [-0.39, 0.29) is 0 Å². The van der Waals surface area contributed by atoms with E-state index in [1.54, 1.807) is 0 Å². The molecule has 2 rings (SSSR count). The summed E-state index contributed by atoms with van der Waals surface area (Å²) in [6.07, 6.45) is 4.11. The van der Waals surface area contributed by atoms with Gasteiger partial charge in [-0.15, -0.1) is 0 Å². The average molecular weight is 299 g/mol. The molecule has 0 aromatic rings. The number of amides is 1. The molecule has 1 heterocycles. The lowest BCUT2D eigenvalue weighted by molar-refractivity contribution is 0.00571. The third-order valence-electron chi connectivity index (χ3n) is 4.04. The van der Waals surface area contributed by atoms with Crippen LogP contribution in [0.25, 0.3) is 0 Å². The fourth-order valence-electron chi connectivity index (χ4n) is 2.99. The monoisotopic (exact) mass is 299 g/mol. The molecular weight excluding hydrogens is 270 g/mol. The summed E-state index contributed by atoms with van der Waals surface area (Å²) in [5, 5.41) is 0. The van der Waals surface area contributed by atoms with Crippen LogP contribution >= 0.6 is 0 Å². The molecular formula is C15H29N3O3. The van der Waals surface area contributed by atoms with Gasteiger partial charge in [0.25, 0.3) is 0 Å². The summed E-state index contributed by atoms with van der Waals surface area (Å²) in [6.45, 7) is 9.41. The maximum Gasteiger partial charge on any atom is 0.422 e. The number of carbonyl (C=O) groups is 1. The first-order chi connectivity index (χ1) is 9.94. The van der Waals surface area contributed by atoms with Crippen LogP contribution in [0.5, 0.6) is 0 Å². The lowest BCUT2D eigenvalue weighted by Gasteiger charge is -2.38. The van der Waals surface area contributed by atoms with Crippen molar-refractivity contribution in [3.8, 4) is 0 Å². The third-order valence-corrected chi connectivity index (χ3v) is 4.04. The van der Waals surface area contributed by atoms with E-state index in [0.29, 0.717) is 12.1 Å². The molecule has 0 radical (unpaired) electrons. The minimum absolute atomic E-state index is 0.342. The van der Waals surface area contributed by atoms with Crippen molar-refractivity contribution in [1.82, 2.24) is 15.8 Å². The lowest BCUT2D eigenvalue weighted by atomic mass is 9.90. The van der Waals surface area contributed by atoms with Crippen molar-refractivity contribution in [2.24, 2.45) is 0 Å². The van der Waals surface area contributed by atoms with Gasteiger partial charge < -0.3 is 9.47 Å². The van der Waals surface area contributed by atoms with E-state index in [1.165, 1.54) is 12.8 Å². The predicted octanol–water partition coefficient (Wildman–Crippen LogP) is 1.66. The molecule has 1 saturated heterocycles. The van der Waals surface area contributed by atoms with Gasteiger partial charge in [0, 0.05) is 25.2 Å². The number of hydrogen-bond acceptors (Lipinski definition) is 5. The Morgan fingerprint density at radius 1 is 1.14 bits per heavy atom. The summed E-state index contributed by atoms with van der Waals surface area (Å²) in [6, 6.07) is 1.02. The van der Waals surface area contributed by atoms with Gasteiger partial charge in [0.15, 0.2) is 0 Å². The van der Waals surface area contributed by atoms with Crippen LogP contribution in [-0.4, -0.2) is 55.0 Å². The fourth-order valence-corrected chi connectivity index (χ4v) is 2.99. The predicted molar refractivity (Wildman–Crippen MR) is 80.9 cm³/mol. The SMILES string of the molecule is CC(C)(C)OC(=O)NNC1CCC(N2CCOCC2)CC1. The molecule has 1 saturated carbocycles. The molecule has 6 heteroatoms. The maximum absolute atomic E-state index is 11.6. The zero-order valence-electron chi connectivity index (χ0n) is 13.5. The van der Waals surface area contributed by atoms with Crippen LogP contribution < -0.4 is 10.9 Å². The molecule has 1 aliphatic carbocycles. The van der Waals surface area contributed by atoms with E-state index in [1.807, 2.05) is 20.8 Å². The molecule has 2 fully saturated rings. The molecule has 0 aromatic carbocycles. The fraction of sp³-hybridized carbons (Fsp3) is 0.933. The first-order valence-electron chi connectivity index (χ1n) is 8.00. The molecule has 2 aliphatic rings. The Hall–Kier alpha value is -0.850. The Kier molecular flexibility index (Phi) is 5.84. The second-order valence-corrected chi connectivity index (χ2v) is 6.93. The van der Waals surface area contributed by atoms with Crippen molar-refractivity contribution < 1.29 is 14.3 Å². The molecule has 2 N–H and O–H groups in total.